The first-order chi connectivity index (χ1) is 13.8. The summed E-state index contributed by atoms with van der Waals surface area (Å²) in [6.45, 7) is 12.7. The van der Waals surface area contributed by atoms with Crippen molar-refractivity contribution in [3.63, 3.8) is 0 Å². The van der Waals surface area contributed by atoms with E-state index in [1.54, 1.807) is 18.2 Å². The van der Waals surface area contributed by atoms with Crippen LogP contribution in [0.3, 0.4) is 0 Å². The molecule has 3 N–H and O–H groups in total. The van der Waals surface area contributed by atoms with Crippen LogP contribution in [0, 0.1) is 5.92 Å². The van der Waals surface area contributed by atoms with Gasteiger partial charge in [0.05, 0.1) is 12.6 Å². The average molecular weight is 572 g/mol. The van der Waals surface area contributed by atoms with Crippen molar-refractivity contribution in [1.29, 1.82) is 0 Å². The molecule has 1 saturated heterocycles. The first-order valence-corrected chi connectivity index (χ1v) is 11.1. The highest BCUT2D eigenvalue weighted by Crippen LogP contribution is 2.23. The van der Waals surface area contributed by atoms with Crippen LogP contribution in [0.4, 0.5) is 0 Å². The molecule has 1 aliphatic rings. The number of hydrogen-bond donors (Lipinski definition) is 3. The Kier molecular flexibility index (Phi) is 12.9. The van der Waals surface area contributed by atoms with E-state index in [9.17, 15) is 5.11 Å². The van der Waals surface area contributed by atoms with E-state index < -0.39 is 6.10 Å². The highest BCUT2D eigenvalue weighted by Gasteiger charge is 2.24. The molecule has 1 aliphatic heterocycles. The predicted octanol–water partition coefficient (Wildman–Crippen LogP) is 3.47. The van der Waals surface area contributed by atoms with Gasteiger partial charge in [-0.1, -0.05) is 37.0 Å². The maximum Gasteiger partial charge on any atom is 0.191 e. The first-order valence-electron chi connectivity index (χ1n) is 10.4. The van der Waals surface area contributed by atoms with Gasteiger partial charge in [-0.05, 0) is 43.7 Å². The molecule has 0 aliphatic carbocycles. The number of halogens is 3. The van der Waals surface area contributed by atoms with Gasteiger partial charge in [-0.2, -0.15) is 0 Å². The fraction of sp³-hybridized carbons (Fsp3) is 0.667. The molecule has 172 valence electrons. The van der Waals surface area contributed by atoms with Crippen molar-refractivity contribution in [3.8, 4) is 0 Å². The van der Waals surface area contributed by atoms with Crippen molar-refractivity contribution in [1.82, 2.24) is 20.4 Å². The molecule has 30 heavy (non-hydrogen) atoms. The zero-order valence-corrected chi connectivity index (χ0v) is 22.2. The second kappa shape index (κ2) is 14.0. The van der Waals surface area contributed by atoms with E-state index >= 15 is 0 Å². The SMILES string of the molecule is CCNC(=NCC(C(C)C)N1CCN(C)CC1)NCC(O)c1cc(Cl)cc(Cl)c1.I. The number of hydrogen-bond acceptors (Lipinski definition) is 4. The molecule has 0 aromatic heterocycles. The Bertz CT molecular complexity index is 649. The van der Waals surface area contributed by atoms with E-state index in [0.29, 0.717) is 40.1 Å². The Morgan fingerprint density at radius 1 is 1.10 bits per heavy atom. The van der Waals surface area contributed by atoms with Crippen LogP contribution < -0.4 is 10.6 Å². The Hall–Kier alpha value is -0.320. The van der Waals surface area contributed by atoms with Crippen LogP contribution in [0.15, 0.2) is 23.2 Å². The zero-order chi connectivity index (χ0) is 21.4. The van der Waals surface area contributed by atoms with Gasteiger partial charge in [-0.25, -0.2) is 0 Å². The smallest absolute Gasteiger partial charge is 0.191 e. The molecule has 0 radical (unpaired) electrons. The molecule has 2 atom stereocenters. The third kappa shape index (κ3) is 9.04. The van der Waals surface area contributed by atoms with Crippen LogP contribution in [-0.2, 0) is 0 Å². The number of nitrogens with zero attached hydrogens (tertiary/aromatic N) is 3. The van der Waals surface area contributed by atoms with Gasteiger partial charge < -0.3 is 20.6 Å². The Balaban J connectivity index is 0.00000450. The molecule has 1 aromatic carbocycles. The van der Waals surface area contributed by atoms with Crippen LogP contribution >= 0.6 is 47.2 Å². The molecule has 0 bridgehead atoms. The van der Waals surface area contributed by atoms with Crippen LogP contribution in [0.2, 0.25) is 10.0 Å². The maximum atomic E-state index is 10.5. The molecule has 1 heterocycles. The third-order valence-electron chi connectivity index (χ3n) is 5.29. The molecular weight excluding hydrogens is 536 g/mol. The molecule has 2 unspecified atom stereocenters. The van der Waals surface area contributed by atoms with Gasteiger partial charge >= 0.3 is 0 Å². The molecule has 1 fully saturated rings. The normalized spacial score (nSPS) is 18.1. The van der Waals surface area contributed by atoms with Crippen molar-refractivity contribution < 1.29 is 5.11 Å². The summed E-state index contributed by atoms with van der Waals surface area (Å²) in [7, 11) is 2.17. The summed E-state index contributed by atoms with van der Waals surface area (Å²) in [6.07, 6.45) is -0.728. The number of guanidine groups is 1. The van der Waals surface area contributed by atoms with Gasteiger partial charge in [0.1, 0.15) is 0 Å². The summed E-state index contributed by atoms with van der Waals surface area (Å²) in [5.41, 5.74) is 0.684. The maximum absolute atomic E-state index is 10.5. The van der Waals surface area contributed by atoms with Gasteiger partial charge in [0.25, 0.3) is 0 Å². The number of benzene rings is 1. The lowest BCUT2D eigenvalue weighted by Gasteiger charge is -2.39. The molecule has 9 heteroatoms. The summed E-state index contributed by atoms with van der Waals surface area (Å²) < 4.78 is 0. The van der Waals surface area contributed by atoms with E-state index in [0.717, 1.165) is 39.3 Å². The zero-order valence-electron chi connectivity index (χ0n) is 18.4. The predicted molar refractivity (Wildman–Crippen MR) is 139 cm³/mol. The summed E-state index contributed by atoms with van der Waals surface area (Å²) >= 11 is 12.1. The van der Waals surface area contributed by atoms with Gasteiger partial charge in [-0.3, -0.25) is 9.89 Å². The number of nitrogens with one attached hydrogen (secondary N) is 2. The Labute approximate surface area is 208 Å². The lowest BCUT2D eigenvalue weighted by Crippen LogP contribution is -2.52. The van der Waals surface area contributed by atoms with Gasteiger partial charge in [0, 0.05) is 55.4 Å². The fourth-order valence-corrected chi connectivity index (χ4v) is 4.05. The lowest BCUT2D eigenvalue weighted by molar-refractivity contribution is 0.0925. The van der Waals surface area contributed by atoms with Gasteiger partial charge in [0.15, 0.2) is 5.96 Å². The summed E-state index contributed by atoms with van der Waals surface area (Å²) in [4.78, 5) is 9.72. The first kappa shape index (κ1) is 27.7. The van der Waals surface area contributed by atoms with Crippen molar-refractivity contribution in [3.05, 3.63) is 33.8 Å². The van der Waals surface area contributed by atoms with Gasteiger partial charge in [-0.15, -0.1) is 24.0 Å². The van der Waals surface area contributed by atoms with E-state index in [-0.39, 0.29) is 24.0 Å². The molecule has 0 amide bonds. The Morgan fingerprint density at radius 3 is 2.23 bits per heavy atom. The minimum absolute atomic E-state index is 0. The van der Waals surface area contributed by atoms with Crippen LogP contribution in [-0.4, -0.2) is 79.8 Å². The highest BCUT2D eigenvalue weighted by molar-refractivity contribution is 14.0. The van der Waals surface area contributed by atoms with Gasteiger partial charge in [0.2, 0.25) is 0 Å². The minimum Gasteiger partial charge on any atom is -0.387 e. The molecule has 6 nitrogen and oxygen atoms in total. The lowest BCUT2D eigenvalue weighted by atomic mass is 10.0. The number of aliphatic hydroxyl groups is 1. The number of piperazine rings is 1. The van der Waals surface area contributed by atoms with Crippen LogP contribution in [0.5, 0.6) is 0 Å². The molecule has 2 rings (SSSR count). The minimum atomic E-state index is -0.728. The van der Waals surface area contributed by atoms with E-state index in [1.807, 2.05) is 6.92 Å². The van der Waals surface area contributed by atoms with Crippen molar-refractivity contribution in [2.24, 2.45) is 10.9 Å². The fourth-order valence-electron chi connectivity index (χ4n) is 3.51. The van der Waals surface area contributed by atoms with Crippen molar-refractivity contribution in [2.45, 2.75) is 32.9 Å². The second-order valence-electron chi connectivity index (χ2n) is 7.97. The summed E-state index contributed by atoms with van der Waals surface area (Å²) in [5.74, 6) is 1.23. The highest BCUT2D eigenvalue weighted by atomic mass is 127. The summed E-state index contributed by atoms with van der Waals surface area (Å²) in [6, 6.07) is 5.51. The van der Waals surface area contributed by atoms with E-state index in [4.69, 9.17) is 28.2 Å². The molecular formula is C21H36Cl2IN5O. The van der Waals surface area contributed by atoms with Crippen LogP contribution in [0.25, 0.3) is 0 Å². The molecule has 1 aromatic rings. The quantitative estimate of drug-likeness (QED) is 0.253. The standard InChI is InChI=1S/C21H35Cl2N5O.HI/c1-5-24-21(26-14-20(29)16-10-17(22)12-18(23)11-16)25-13-19(15(2)3)28-8-6-27(4)7-9-28;/h10-12,15,19-20,29H,5-9,13-14H2,1-4H3,(H2,24,25,26);1H. The number of likely N-dealkylation sites (N-methyl/N-ethyl adjacent to an activating group) is 1. The van der Waals surface area contributed by atoms with Crippen molar-refractivity contribution >= 4 is 53.1 Å². The third-order valence-corrected chi connectivity index (χ3v) is 5.73. The monoisotopic (exact) mass is 571 g/mol. The number of rotatable bonds is 8. The molecule has 0 saturated carbocycles. The van der Waals surface area contributed by atoms with Crippen LogP contribution in [0.1, 0.15) is 32.4 Å². The molecule has 0 spiro atoms. The summed E-state index contributed by atoms with van der Waals surface area (Å²) in [5, 5.41) is 18.0. The topological polar surface area (TPSA) is 63.1 Å². The average Bonchev–Trinajstić information content (AvgIpc) is 2.66. The Morgan fingerprint density at radius 2 is 1.70 bits per heavy atom. The largest absolute Gasteiger partial charge is 0.387 e. The number of aliphatic imine (C=N–C) groups is 1. The van der Waals surface area contributed by atoms with Crippen molar-refractivity contribution in [2.75, 3.05) is 52.9 Å². The van der Waals surface area contributed by atoms with E-state index in [2.05, 4.69) is 41.3 Å². The van der Waals surface area contributed by atoms with E-state index in [1.165, 1.54) is 0 Å². The second-order valence-corrected chi connectivity index (χ2v) is 8.84. The number of aliphatic hydroxyl groups excluding tert-OH is 1.